The predicted octanol–water partition coefficient (Wildman–Crippen LogP) is 2.52. The molecule has 2 rings (SSSR count). The van der Waals surface area contributed by atoms with Crippen LogP contribution in [0.25, 0.3) is 0 Å². The number of hydrogen-bond donors (Lipinski definition) is 1. The fourth-order valence-electron chi connectivity index (χ4n) is 1.70. The zero-order valence-corrected chi connectivity index (χ0v) is 10.1. The van der Waals surface area contributed by atoms with E-state index < -0.39 is 0 Å². The molecule has 3 heteroatoms. The van der Waals surface area contributed by atoms with Crippen molar-refractivity contribution in [3.05, 3.63) is 35.9 Å². The van der Waals surface area contributed by atoms with Crippen LogP contribution in [0.3, 0.4) is 0 Å². The second-order valence-corrected chi connectivity index (χ2v) is 4.55. The lowest BCUT2D eigenvalue weighted by Gasteiger charge is -2.02. The number of aryl methyl sites for hydroxylation is 1. The summed E-state index contributed by atoms with van der Waals surface area (Å²) in [4.78, 5) is 11.5. The van der Waals surface area contributed by atoms with Crippen molar-refractivity contribution >= 4 is 11.6 Å². The largest absolute Gasteiger partial charge is 0.273 e. The van der Waals surface area contributed by atoms with E-state index in [-0.39, 0.29) is 5.91 Å². The lowest BCUT2D eigenvalue weighted by molar-refractivity contribution is -0.121. The third-order valence-corrected chi connectivity index (χ3v) is 3.01. The van der Waals surface area contributed by atoms with Gasteiger partial charge < -0.3 is 0 Å². The average Bonchev–Trinajstić information content (AvgIpc) is 3.19. The molecular formula is C14H18N2O. The molecular weight excluding hydrogens is 212 g/mol. The van der Waals surface area contributed by atoms with Crippen molar-refractivity contribution < 1.29 is 4.79 Å². The van der Waals surface area contributed by atoms with E-state index in [1.807, 2.05) is 37.3 Å². The minimum atomic E-state index is -0.00569. The predicted molar refractivity (Wildman–Crippen MR) is 68.7 cm³/mol. The Balaban J connectivity index is 1.72. The number of nitrogens with one attached hydrogen (secondary N) is 1. The first-order valence-corrected chi connectivity index (χ1v) is 6.12. The summed E-state index contributed by atoms with van der Waals surface area (Å²) in [6.45, 7) is 1.98. The van der Waals surface area contributed by atoms with E-state index in [1.165, 1.54) is 18.4 Å². The summed E-state index contributed by atoms with van der Waals surface area (Å²) in [5.41, 5.74) is 4.86. The molecule has 1 aliphatic carbocycles. The van der Waals surface area contributed by atoms with E-state index >= 15 is 0 Å². The molecule has 0 spiro atoms. The summed E-state index contributed by atoms with van der Waals surface area (Å²) in [5.74, 6) is 0.610. The van der Waals surface area contributed by atoms with Gasteiger partial charge in [0, 0.05) is 12.1 Å². The number of benzene rings is 1. The van der Waals surface area contributed by atoms with Crippen LogP contribution in [-0.2, 0) is 11.2 Å². The van der Waals surface area contributed by atoms with Crippen LogP contribution in [-0.4, -0.2) is 11.6 Å². The van der Waals surface area contributed by atoms with Crippen molar-refractivity contribution in [2.45, 2.75) is 32.6 Å². The first-order chi connectivity index (χ1) is 8.25. The smallest absolute Gasteiger partial charge is 0.240 e. The molecule has 1 aliphatic rings. The van der Waals surface area contributed by atoms with E-state index in [4.69, 9.17) is 0 Å². The monoisotopic (exact) mass is 230 g/mol. The van der Waals surface area contributed by atoms with Crippen LogP contribution in [0, 0.1) is 5.92 Å². The minimum absolute atomic E-state index is 0.00569. The van der Waals surface area contributed by atoms with Gasteiger partial charge in [-0.2, -0.15) is 5.10 Å². The maximum absolute atomic E-state index is 11.5. The van der Waals surface area contributed by atoms with Crippen molar-refractivity contribution in [2.24, 2.45) is 11.0 Å². The quantitative estimate of drug-likeness (QED) is 0.613. The zero-order chi connectivity index (χ0) is 12.1. The lowest BCUT2D eigenvalue weighted by Crippen LogP contribution is -2.19. The van der Waals surface area contributed by atoms with Crippen molar-refractivity contribution in [3.8, 4) is 0 Å². The Morgan fingerprint density at radius 3 is 2.71 bits per heavy atom. The second-order valence-electron chi connectivity index (χ2n) is 4.55. The normalized spacial score (nSPS) is 15.7. The second kappa shape index (κ2) is 5.62. The maximum Gasteiger partial charge on any atom is 0.240 e. The molecule has 0 unspecified atom stereocenters. The molecule has 0 saturated heterocycles. The molecule has 1 aromatic rings. The summed E-state index contributed by atoms with van der Waals surface area (Å²) < 4.78 is 0. The van der Waals surface area contributed by atoms with Gasteiger partial charge in [0.15, 0.2) is 0 Å². The number of amides is 1. The molecule has 0 radical (unpaired) electrons. The Bertz CT molecular complexity index is 407. The highest BCUT2D eigenvalue weighted by Crippen LogP contribution is 2.30. The van der Waals surface area contributed by atoms with Crippen LogP contribution >= 0.6 is 0 Å². The molecule has 1 amide bonds. The summed E-state index contributed by atoms with van der Waals surface area (Å²) in [6, 6.07) is 10.0. The van der Waals surface area contributed by atoms with Gasteiger partial charge in [-0.25, -0.2) is 5.43 Å². The van der Waals surface area contributed by atoms with E-state index in [9.17, 15) is 4.79 Å². The number of carbonyl (C=O) groups excluding carboxylic acids is 1. The van der Waals surface area contributed by atoms with Gasteiger partial charge in [-0.15, -0.1) is 0 Å². The fourth-order valence-corrected chi connectivity index (χ4v) is 1.70. The van der Waals surface area contributed by atoms with Gasteiger partial charge in [-0.3, -0.25) is 4.79 Å². The third kappa shape index (κ3) is 4.02. The number of rotatable bonds is 5. The number of carbonyl (C=O) groups is 1. The van der Waals surface area contributed by atoms with Gasteiger partial charge >= 0.3 is 0 Å². The van der Waals surface area contributed by atoms with E-state index in [2.05, 4.69) is 10.5 Å². The Hall–Kier alpha value is -1.64. The van der Waals surface area contributed by atoms with Crippen LogP contribution in [0.2, 0.25) is 0 Å². The number of hydrogen-bond acceptors (Lipinski definition) is 2. The van der Waals surface area contributed by atoms with Crippen molar-refractivity contribution in [1.82, 2.24) is 5.43 Å². The van der Waals surface area contributed by atoms with Gasteiger partial charge in [0.05, 0.1) is 0 Å². The van der Waals surface area contributed by atoms with Crippen LogP contribution in [0.4, 0.5) is 0 Å². The third-order valence-electron chi connectivity index (χ3n) is 3.01. The molecule has 90 valence electrons. The molecule has 1 saturated carbocycles. The molecule has 0 aliphatic heterocycles. The van der Waals surface area contributed by atoms with Crippen LogP contribution < -0.4 is 5.43 Å². The molecule has 1 aromatic carbocycles. The van der Waals surface area contributed by atoms with Crippen molar-refractivity contribution in [2.75, 3.05) is 0 Å². The van der Waals surface area contributed by atoms with Gasteiger partial charge in [-0.1, -0.05) is 30.3 Å². The highest BCUT2D eigenvalue weighted by atomic mass is 16.2. The fraction of sp³-hybridized carbons (Fsp3) is 0.429. The van der Waals surface area contributed by atoms with Crippen LogP contribution in [0.5, 0.6) is 0 Å². The Morgan fingerprint density at radius 1 is 1.35 bits per heavy atom. The lowest BCUT2D eigenvalue weighted by atomic mass is 10.1. The maximum atomic E-state index is 11.5. The summed E-state index contributed by atoms with van der Waals surface area (Å²) in [5, 5.41) is 4.12. The zero-order valence-electron chi connectivity index (χ0n) is 10.1. The van der Waals surface area contributed by atoms with Gasteiger partial charge in [0.25, 0.3) is 0 Å². The van der Waals surface area contributed by atoms with Crippen LogP contribution in [0.15, 0.2) is 35.4 Å². The number of hydrazone groups is 1. The molecule has 0 heterocycles. The Kier molecular flexibility index (Phi) is 3.91. The summed E-state index contributed by atoms with van der Waals surface area (Å²) in [6.07, 6.45) is 3.70. The molecule has 0 aromatic heterocycles. The van der Waals surface area contributed by atoms with E-state index in [0.29, 0.717) is 12.3 Å². The highest BCUT2D eigenvalue weighted by Gasteiger charge is 2.24. The molecule has 1 fully saturated rings. The Labute approximate surface area is 102 Å². The minimum Gasteiger partial charge on any atom is -0.273 e. The van der Waals surface area contributed by atoms with E-state index in [0.717, 1.165) is 12.1 Å². The molecule has 0 atom stereocenters. The van der Waals surface area contributed by atoms with Gasteiger partial charge in [-0.05, 0) is 37.7 Å². The summed E-state index contributed by atoms with van der Waals surface area (Å²) in [7, 11) is 0. The average molecular weight is 230 g/mol. The van der Waals surface area contributed by atoms with Crippen LogP contribution in [0.1, 0.15) is 31.7 Å². The number of nitrogens with zero attached hydrogens (tertiary/aromatic N) is 1. The van der Waals surface area contributed by atoms with E-state index in [1.54, 1.807) is 0 Å². The van der Waals surface area contributed by atoms with Crippen molar-refractivity contribution in [1.29, 1.82) is 0 Å². The molecule has 0 bridgehead atoms. The molecule has 1 N–H and O–H groups in total. The van der Waals surface area contributed by atoms with Crippen molar-refractivity contribution in [3.63, 3.8) is 0 Å². The highest BCUT2D eigenvalue weighted by molar-refractivity contribution is 5.87. The SMILES string of the molecule is C/C(=N\NC(=O)CCc1ccccc1)C1CC1. The molecule has 17 heavy (non-hydrogen) atoms. The standard InChI is InChI=1S/C14H18N2O/c1-11(13-8-9-13)15-16-14(17)10-7-12-5-3-2-4-6-12/h2-6,13H,7-10H2,1H3,(H,16,17)/b15-11+. The molecule has 3 nitrogen and oxygen atoms in total. The Morgan fingerprint density at radius 2 is 2.06 bits per heavy atom. The topological polar surface area (TPSA) is 41.5 Å². The summed E-state index contributed by atoms with van der Waals surface area (Å²) >= 11 is 0. The van der Waals surface area contributed by atoms with Gasteiger partial charge in [0.1, 0.15) is 0 Å². The van der Waals surface area contributed by atoms with Gasteiger partial charge in [0.2, 0.25) is 5.91 Å². The first-order valence-electron chi connectivity index (χ1n) is 6.12. The first kappa shape index (κ1) is 11.8.